The van der Waals surface area contributed by atoms with Gasteiger partial charge in [0.2, 0.25) is 0 Å². The maximum Gasteiger partial charge on any atom is 0.260 e. The molecule has 1 unspecified atom stereocenters. The predicted molar refractivity (Wildman–Crippen MR) is 92.9 cm³/mol. The molecule has 0 saturated heterocycles. The van der Waals surface area contributed by atoms with Gasteiger partial charge in [-0.2, -0.15) is 5.10 Å². The van der Waals surface area contributed by atoms with Crippen molar-refractivity contribution in [3.8, 4) is 5.75 Å². The van der Waals surface area contributed by atoms with Gasteiger partial charge in [0.15, 0.2) is 6.10 Å². The first-order chi connectivity index (χ1) is 11.1. The second-order valence-electron chi connectivity index (χ2n) is 5.36. The maximum atomic E-state index is 12.0. The molecule has 1 N–H and O–H groups in total. The van der Waals surface area contributed by atoms with E-state index in [0.29, 0.717) is 12.3 Å². The fourth-order valence-corrected chi connectivity index (χ4v) is 2.51. The Labute approximate surface area is 141 Å². The van der Waals surface area contributed by atoms with E-state index in [1.807, 2.05) is 54.5 Å². The lowest BCUT2D eigenvalue weighted by molar-refractivity contribution is -0.127. The van der Waals surface area contributed by atoms with Crippen molar-refractivity contribution in [3.63, 3.8) is 0 Å². The van der Waals surface area contributed by atoms with E-state index in [-0.39, 0.29) is 5.91 Å². The number of hydrogen-bond acceptors (Lipinski definition) is 4. The lowest BCUT2D eigenvalue weighted by Crippen LogP contribution is -2.37. The molecular weight excluding hydrogens is 310 g/mol. The van der Waals surface area contributed by atoms with Crippen molar-refractivity contribution < 1.29 is 9.53 Å². The fourth-order valence-electron chi connectivity index (χ4n) is 2.10. The van der Waals surface area contributed by atoms with E-state index in [0.717, 1.165) is 18.5 Å². The van der Waals surface area contributed by atoms with Crippen LogP contribution in [0.4, 0.5) is 0 Å². The highest BCUT2D eigenvalue weighted by Gasteiger charge is 2.13. The highest BCUT2D eigenvalue weighted by atomic mass is 32.2. The number of nitrogens with one attached hydrogen (secondary N) is 1. The van der Waals surface area contributed by atoms with Gasteiger partial charge >= 0.3 is 0 Å². The largest absolute Gasteiger partial charge is 0.481 e. The molecule has 6 heteroatoms. The second kappa shape index (κ2) is 8.62. The summed E-state index contributed by atoms with van der Waals surface area (Å²) in [4.78, 5) is 13.2. The molecule has 2 rings (SSSR count). The van der Waals surface area contributed by atoms with Crippen molar-refractivity contribution in [3.05, 3.63) is 42.2 Å². The van der Waals surface area contributed by atoms with Crippen LogP contribution in [0, 0.1) is 6.92 Å². The molecule has 0 aliphatic carbocycles. The number of benzene rings is 1. The van der Waals surface area contributed by atoms with Gasteiger partial charge in [0.1, 0.15) is 5.75 Å². The second-order valence-corrected chi connectivity index (χ2v) is 6.24. The zero-order valence-electron chi connectivity index (χ0n) is 13.8. The van der Waals surface area contributed by atoms with Gasteiger partial charge in [0.25, 0.3) is 5.91 Å². The average molecular weight is 333 g/mol. The van der Waals surface area contributed by atoms with Gasteiger partial charge in [-0.3, -0.25) is 9.48 Å². The third kappa shape index (κ3) is 5.63. The van der Waals surface area contributed by atoms with Crippen LogP contribution in [0.1, 0.15) is 18.9 Å². The maximum absolute atomic E-state index is 12.0. The van der Waals surface area contributed by atoms with E-state index in [9.17, 15) is 4.79 Å². The van der Waals surface area contributed by atoms with Crippen molar-refractivity contribution in [2.75, 3.05) is 12.8 Å². The molecule has 0 fully saturated rings. The van der Waals surface area contributed by atoms with E-state index in [1.165, 1.54) is 4.90 Å². The Morgan fingerprint density at radius 1 is 1.39 bits per heavy atom. The molecule has 0 radical (unpaired) electrons. The molecular formula is C17H23N3O2S. The van der Waals surface area contributed by atoms with Crippen LogP contribution in [-0.2, 0) is 11.3 Å². The zero-order chi connectivity index (χ0) is 16.7. The van der Waals surface area contributed by atoms with E-state index in [1.54, 1.807) is 18.7 Å². The van der Waals surface area contributed by atoms with Gasteiger partial charge < -0.3 is 10.1 Å². The van der Waals surface area contributed by atoms with Crippen molar-refractivity contribution in [2.45, 2.75) is 37.8 Å². The number of ether oxygens (including phenoxy) is 1. The number of aryl methyl sites for hydroxylation is 2. The summed E-state index contributed by atoms with van der Waals surface area (Å²) in [6.45, 7) is 5.17. The minimum absolute atomic E-state index is 0.101. The number of thioether (sulfide) groups is 1. The van der Waals surface area contributed by atoms with Crippen molar-refractivity contribution in [2.24, 2.45) is 0 Å². The molecule has 0 aliphatic heterocycles. The van der Waals surface area contributed by atoms with Crippen LogP contribution >= 0.6 is 11.8 Å². The van der Waals surface area contributed by atoms with Crippen LogP contribution in [0.2, 0.25) is 0 Å². The quantitative estimate of drug-likeness (QED) is 0.596. The summed E-state index contributed by atoms with van der Waals surface area (Å²) >= 11 is 1.67. The summed E-state index contributed by atoms with van der Waals surface area (Å²) in [6.07, 6.45) is 6.17. The van der Waals surface area contributed by atoms with E-state index < -0.39 is 6.10 Å². The van der Waals surface area contributed by atoms with E-state index >= 15 is 0 Å². The molecule has 1 atom stereocenters. The number of amides is 1. The van der Waals surface area contributed by atoms with Gasteiger partial charge in [0.05, 0.1) is 6.20 Å². The van der Waals surface area contributed by atoms with Crippen molar-refractivity contribution in [1.29, 1.82) is 0 Å². The summed E-state index contributed by atoms with van der Waals surface area (Å²) < 4.78 is 7.54. The lowest BCUT2D eigenvalue weighted by atomic mass is 10.3. The SMILES string of the molecule is CSc1ccc(OC(C)C(=O)NCCCn2cc(C)cn2)cc1. The highest BCUT2D eigenvalue weighted by Crippen LogP contribution is 2.19. The molecule has 124 valence electrons. The van der Waals surface area contributed by atoms with Gasteiger partial charge in [0, 0.05) is 24.2 Å². The lowest BCUT2D eigenvalue weighted by Gasteiger charge is -2.15. The van der Waals surface area contributed by atoms with Crippen LogP contribution < -0.4 is 10.1 Å². The first-order valence-corrected chi connectivity index (χ1v) is 8.88. The van der Waals surface area contributed by atoms with Gasteiger partial charge in [-0.05, 0) is 56.4 Å². The Kier molecular flexibility index (Phi) is 6.52. The molecule has 1 amide bonds. The predicted octanol–water partition coefficient (Wildman–Crippen LogP) is 2.89. The summed E-state index contributed by atoms with van der Waals surface area (Å²) in [5.74, 6) is 0.605. The zero-order valence-corrected chi connectivity index (χ0v) is 14.6. The standard InChI is InChI=1S/C17H23N3O2S/c1-13-11-19-20(12-13)10-4-9-18-17(21)14(2)22-15-5-7-16(23-3)8-6-15/h5-8,11-12,14H,4,9-10H2,1-3H3,(H,18,21). The monoisotopic (exact) mass is 333 g/mol. The summed E-state index contributed by atoms with van der Waals surface area (Å²) in [6, 6.07) is 7.73. The Bertz CT molecular complexity index is 625. The smallest absolute Gasteiger partial charge is 0.260 e. The topological polar surface area (TPSA) is 56.1 Å². The Balaban J connectivity index is 1.69. The summed E-state index contributed by atoms with van der Waals surface area (Å²) in [5, 5.41) is 7.11. The Morgan fingerprint density at radius 2 is 2.13 bits per heavy atom. The molecule has 0 spiro atoms. The van der Waals surface area contributed by atoms with E-state index in [2.05, 4.69) is 10.4 Å². The van der Waals surface area contributed by atoms with Gasteiger partial charge in [-0.25, -0.2) is 0 Å². The molecule has 2 aromatic rings. The molecule has 1 aromatic heterocycles. The highest BCUT2D eigenvalue weighted by molar-refractivity contribution is 7.98. The number of nitrogens with zero attached hydrogens (tertiary/aromatic N) is 2. The Hall–Kier alpha value is -1.95. The fraction of sp³-hybridized carbons (Fsp3) is 0.412. The minimum Gasteiger partial charge on any atom is -0.481 e. The minimum atomic E-state index is -0.512. The van der Waals surface area contributed by atoms with Crippen LogP contribution in [0.15, 0.2) is 41.6 Å². The van der Waals surface area contributed by atoms with Crippen LogP contribution in [0.3, 0.4) is 0 Å². The first-order valence-electron chi connectivity index (χ1n) is 7.66. The number of hydrogen-bond donors (Lipinski definition) is 1. The normalized spacial score (nSPS) is 12.0. The molecule has 1 heterocycles. The van der Waals surface area contributed by atoms with E-state index in [4.69, 9.17) is 4.74 Å². The molecule has 0 bridgehead atoms. The molecule has 23 heavy (non-hydrogen) atoms. The van der Waals surface area contributed by atoms with Gasteiger partial charge in [-0.1, -0.05) is 0 Å². The number of carbonyl (C=O) groups is 1. The number of aromatic nitrogens is 2. The Morgan fingerprint density at radius 3 is 2.74 bits per heavy atom. The first kappa shape index (κ1) is 17.4. The van der Waals surface area contributed by atoms with Gasteiger partial charge in [-0.15, -0.1) is 11.8 Å². The molecule has 1 aromatic carbocycles. The molecule has 0 aliphatic rings. The summed E-state index contributed by atoms with van der Waals surface area (Å²) in [7, 11) is 0. The summed E-state index contributed by atoms with van der Waals surface area (Å²) in [5.41, 5.74) is 1.14. The van der Waals surface area contributed by atoms with Crippen LogP contribution in [-0.4, -0.2) is 34.6 Å². The number of carbonyl (C=O) groups excluding carboxylic acids is 1. The third-order valence-electron chi connectivity index (χ3n) is 3.37. The number of rotatable bonds is 8. The van der Waals surface area contributed by atoms with Crippen molar-refractivity contribution >= 4 is 17.7 Å². The van der Waals surface area contributed by atoms with Crippen molar-refractivity contribution in [1.82, 2.24) is 15.1 Å². The molecule has 0 saturated carbocycles. The molecule has 5 nitrogen and oxygen atoms in total. The average Bonchev–Trinajstić information content (AvgIpc) is 2.97. The van der Waals surface area contributed by atoms with Crippen LogP contribution in [0.25, 0.3) is 0 Å². The third-order valence-corrected chi connectivity index (χ3v) is 4.11. The van der Waals surface area contributed by atoms with Crippen LogP contribution in [0.5, 0.6) is 5.75 Å².